The maximum Gasteiger partial charge on any atom is 0.339 e. The SMILES string of the molecule is CC(C)(C)OCCOC(=O)c1cncc(N)c1. The molecular weight excluding hydrogens is 220 g/mol. The first-order valence-corrected chi connectivity index (χ1v) is 5.40. The number of aromatic nitrogens is 1. The molecule has 0 saturated heterocycles. The fraction of sp³-hybridized carbons (Fsp3) is 0.500. The Labute approximate surface area is 101 Å². The van der Waals surface area contributed by atoms with E-state index in [4.69, 9.17) is 15.2 Å². The Kier molecular flexibility index (Phi) is 4.45. The lowest BCUT2D eigenvalue weighted by Gasteiger charge is -2.19. The average molecular weight is 238 g/mol. The Morgan fingerprint density at radius 1 is 1.35 bits per heavy atom. The van der Waals surface area contributed by atoms with E-state index in [1.54, 1.807) is 0 Å². The van der Waals surface area contributed by atoms with E-state index in [-0.39, 0.29) is 12.2 Å². The second-order valence-electron chi connectivity index (χ2n) is 4.60. The first-order valence-electron chi connectivity index (χ1n) is 5.40. The molecule has 0 amide bonds. The Hall–Kier alpha value is -1.62. The van der Waals surface area contributed by atoms with Crippen LogP contribution in [0.25, 0.3) is 0 Å². The Morgan fingerprint density at radius 3 is 2.65 bits per heavy atom. The van der Waals surface area contributed by atoms with E-state index >= 15 is 0 Å². The number of nitrogen functional groups attached to an aromatic ring is 1. The summed E-state index contributed by atoms with van der Waals surface area (Å²) >= 11 is 0. The number of carbonyl (C=O) groups is 1. The van der Waals surface area contributed by atoms with Gasteiger partial charge in [0.2, 0.25) is 0 Å². The quantitative estimate of drug-likeness (QED) is 0.637. The topological polar surface area (TPSA) is 74.4 Å². The van der Waals surface area contributed by atoms with Crippen molar-refractivity contribution in [3.8, 4) is 0 Å². The van der Waals surface area contributed by atoms with Crippen molar-refractivity contribution in [3.63, 3.8) is 0 Å². The third kappa shape index (κ3) is 5.31. The molecule has 0 spiro atoms. The molecule has 0 unspecified atom stereocenters. The van der Waals surface area contributed by atoms with Crippen LogP contribution >= 0.6 is 0 Å². The maximum atomic E-state index is 11.5. The molecule has 0 aliphatic carbocycles. The highest BCUT2D eigenvalue weighted by atomic mass is 16.6. The summed E-state index contributed by atoms with van der Waals surface area (Å²) in [6, 6.07) is 1.53. The number of rotatable bonds is 4. The third-order valence-corrected chi connectivity index (χ3v) is 1.85. The van der Waals surface area contributed by atoms with Crippen molar-refractivity contribution in [3.05, 3.63) is 24.0 Å². The normalized spacial score (nSPS) is 11.2. The van der Waals surface area contributed by atoms with E-state index in [1.807, 2.05) is 20.8 Å². The Morgan fingerprint density at radius 2 is 2.06 bits per heavy atom. The van der Waals surface area contributed by atoms with Crippen LogP contribution in [-0.2, 0) is 9.47 Å². The molecule has 1 aromatic rings. The van der Waals surface area contributed by atoms with Gasteiger partial charge in [0.15, 0.2) is 0 Å². The molecule has 1 heterocycles. The standard InChI is InChI=1S/C12H18N2O3/c1-12(2,3)17-5-4-16-11(15)9-6-10(13)8-14-7-9/h6-8H,4-5,13H2,1-3H3. The van der Waals surface area contributed by atoms with Gasteiger partial charge in [0, 0.05) is 12.4 Å². The molecule has 0 aromatic carbocycles. The number of nitrogens with two attached hydrogens (primary N) is 1. The predicted octanol–water partition coefficient (Wildman–Crippen LogP) is 1.64. The minimum atomic E-state index is -0.442. The summed E-state index contributed by atoms with van der Waals surface area (Å²) in [5.41, 5.74) is 6.07. The predicted molar refractivity (Wildman–Crippen MR) is 64.6 cm³/mol. The molecule has 0 fully saturated rings. The average Bonchev–Trinajstić information content (AvgIpc) is 2.23. The van der Waals surface area contributed by atoms with Crippen LogP contribution in [0.4, 0.5) is 5.69 Å². The summed E-state index contributed by atoms with van der Waals surface area (Å²) in [5.74, 6) is -0.442. The van der Waals surface area contributed by atoms with Crippen LogP contribution in [0, 0.1) is 0 Å². The van der Waals surface area contributed by atoms with Gasteiger partial charge < -0.3 is 15.2 Å². The van der Waals surface area contributed by atoms with Crippen LogP contribution in [0.15, 0.2) is 18.5 Å². The van der Waals surface area contributed by atoms with Crippen molar-refractivity contribution in [2.24, 2.45) is 0 Å². The fourth-order valence-corrected chi connectivity index (χ4v) is 1.13. The number of esters is 1. The van der Waals surface area contributed by atoms with Crippen LogP contribution in [0.3, 0.4) is 0 Å². The van der Waals surface area contributed by atoms with E-state index in [0.29, 0.717) is 17.9 Å². The minimum absolute atomic E-state index is 0.213. The summed E-state index contributed by atoms with van der Waals surface area (Å²) < 4.78 is 10.4. The largest absolute Gasteiger partial charge is 0.460 e. The number of carbonyl (C=O) groups excluding carboxylic acids is 1. The summed E-state index contributed by atoms with van der Waals surface area (Å²) in [5, 5.41) is 0. The molecule has 17 heavy (non-hydrogen) atoms. The van der Waals surface area contributed by atoms with E-state index in [9.17, 15) is 4.79 Å². The Balaban J connectivity index is 2.36. The van der Waals surface area contributed by atoms with Gasteiger partial charge in [-0.25, -0.2) is 4.79 Å². The summed E-state index contributed by atoms with van der Waals surface area (Å²) in [4.78, 5) is 15.4. The molecule has 0 saturated carbocycles. The minimum Gasteiger partial charge on any atom is -0.460 e. The summed E-state index contributed by atoms with van der Waals surface area (Å²) in [6.45, 7) is 6.40. The highest BCUT2D eigenvalue weighted by Gasteiger charge is 2.11. The van der Waals surface area contributed by atoms with Crippen LogP contribution < -0.4 is 5.73 Å². The first kappa shape index (κ1) is 13.4. The number of ether oxygens (including phenoxy) is 2. The van der Waals surface area contributed by atoms with E-state index in [0.717, 1.165) is 0 Å². The lowest BCUT2D eigenvalue weighted by Crippen LogP contribution is -2.22. The molecule has 0 atom stereocenters. The van der Waals surface area contributed by atoms with Crippen LogP contribution in [-0.4, -0.2) is 29.8 Å². The van der Waals surface area contributed by atoms with Gasteiger partial charge in [-0.1, -0.05) is 0 Å². The smallest absolute Gasteiger partial charge is 0.339 e. The molecule has 0 radical (unpaired) electrons. The van der Waals surface area contributed by atoms with Gasteiger partial charge >= 0.3 is 5.97 Å². The van der Waals surface area contributed by atoms with Gasteiger partial charge in [-0.3, -0.25) is 4.98 Å². The van der Waals surface area contributed by atoms with Crippen molar-refractivity contribution in [1.29, 1.82) is 0 Å². The monoisotopic (exact) mass is 238 g/mol. The molecule has 0 aliphatic heterocycles. The van der Waals surface area contributed by atoms with E-state index in [1.165, 1.54) is 18.5 Å². The fourth-order valence-electron chi connectivity index (χ4n) is 1.13. The highest BCUT2D eigenvalue weighted by molar-refractivity contribution is 5.89. The van der Waals surface area contributed by atoms with Crippen molar-refractivity contribution in [2.75, 3.05) is 18.9 Å². The lowest BCUT2D eigenvalue weighted by molar-refractivity contribution is -0.0281. The molecular formula is C12H18N2O3. The highest BCUT2D eigenvalue weighted by Crippen LogP contribution is 2.07. The van der Waals surface area contributed by atoms with Gasteiger partial charge in [0.25, 0.3) is 0 Å². The van der Waals surface area contributed by atoms with E-state index < -0.39 is 5.97 Å². The molecule has 5 nitrogen and oxygen atoms in total. The molecule has 2 N–H and O–H groups in total. The summed E-state index contributed by atoms with van der Waals surface area (Å²) in [7, 11) is 0. The second-order valence-corrected chi connectivity index (χ2v) is 4.60. The number of hydrogen-bond acceptors (Lipinski definition) is 5. The molecule has 94 valence electrons. The number of anilines is 1. The zero-order valence-corrected chi connectivity index (χ0v) is 10.4. The maximum absolute atomic E-state index is 11.5. The number of nitrogens with zero attached hydrogens (tertiary/aromatic N) is 1. The van der Waals surface area contributed by atoms with Gasteiger partial charge in [-0.2, -0.15) is 0 Å². The molecule has 1 aromatic heterocycles. The molecule has 0 bridgehead atoms. The van der Waals surface area contributed by atoms with Crippen LogP contribution in [0.5, 0.6) is 0 Å². The first-order chi connectivity index (χ1) is 7.88. The van der Waals surface area contributed by atoms with Gasteiger partial charge in [-0.15, -0.1) is 0 Å². The number of hydrogen-bond donors (Lipinski definition) is 1. The summed E-state index contributed by atoms with van der Waals surface area (Å²) in [6.07, 6.45) is 2.89. The number of pyridine rings is 1. The van der Waals surface area contributed by atoms with Gasteiger partial charge in [-0.05, 0) is 26.8 Å². The zero-order chi connectivity index (χ0) is 12.9. The van der Waals surface area contributed by atoms with Crippen molar-refractivity contribution in [2.45, 2.75) is 26.4 Å². The van der Waals surface area contributed by atoms with Crippen molar-refractivity contribution in [1.82, 2.24) is 4.98 Å². The van der Waals surface area contributed by atoms with Crippen molar-refractivity contribution < 1.29 is 14.3 Å². The van der Waals surface area contributed by atoms with E-state index in [2.05, 4.69) is 4.98 Å². The second kappa shape index (κ2) is 5.63. The van der Waals surface area contributed by atoms with Gasteiger partial charge in [0.1, 0.15) is 6.61 Å². The Bertz CT molecular complexity index is 386. The van der Waals surface area contributed by atoms with Crippen LogP contribution in [0.2, 0.25) is 0 Å². The third-order valence-electron chi connectivity index (χ3n) is 1.85. The van der Waals surface area contributed by atoms with Gasteiger partial charge in [0.05, 0.1) is 23.5 Å². The van der Waals surface area contributed by atoms with Crippen LogP contribution in [0.1, 0.15) is 31.1 Å². The zero-order valence-electron chi connectivity index (χ0n) is 10.4. The molecule has 5 heteroatoms. The molecule has 0 aliphatic rings. The lowest BCUT2D eigenvalue weighted by atomic mass is 10.2. The molecule has 1 rings (SSSR count). The van der Waals surface area contributed by atoms with Crippen molar-refractivity contribution >= 4 is 11.7 Å².